The number of likely N-dealkylation sites (N-methyl/N-ethyl adjacent to an activating group) is 1. The quantitative estimate of drug-likeness (QED) is 0.598. The highest BCUT2D eigenvalue weighted by atomic mass is 32.2. The minimum absolute atomic E-state index is 0.0454. The molecule has 1 aromatic carbocycles. The van der Waals surface area contributed by atoms with Crippen LogP contribution in [0.5, 0.6) is 5.75 Å². The molecule has 2 heterocycles. The van der Waals surface area contributed by atoms with E-state index in [1.165, 1.54) is 10.4 Å². The molecule has 1 aliphatic heterocycles. The predicted molar refractivity (Wildman–Crippen MR) is 130 cm³/mol. The summed E-state index contributed by atoms with van der Waals surface area (Å²) in [4.78, 5) is 6.23. The van der Waals surface area contributed by atoms with Crippen LogP contribution in [0, 0.1) is 17.8 Å². The molecule has 0 saturated heterocycles. The van der Waals surface area contributed by atoms with Gasteiger partial charge in [-0.2, -0.15) is 4.31 Å². The van der Waals surface area contributed by atoms with Gasteiger partial charge in [0, 0.05) is 49.6 Å². The summed E-state index contributed by atoms with van der Waals surface area (Å²) in [5.74, 6) is 5.61. The average molecular weight is 488 g/mol. The van der Waals surface area contributed by atoms with E-state index in [1.54, 1.807) is 38.4 Å². The fourth-order valence-electron chi connectivity index (χ4n) is 3.88. The molecule has 0 radical (unpaired) electrons. The lowest BCUT2D eigenvalue weighted by Crippen LogP contribution is -2.49. The number of rotatable bonds is 6. The molecule has 8 nitrogen and oxygen atoms in total. The number of benzene rings is 1. The fourth-order valence-corrected chi connectivity index (χ4v) is 5.71. The van der Waals surface area contributed by atoms with E-state index in [-0.39, 0.29) is 35.8 Å². The van der Waals surface area contributed by atoms with E-state index in [4.69, 9.17) is 4.74 Å². The highest BCUT2D eigenvalue weighted by Crippen LogP contribution is 2.34. The van der Waals surface area contributed by atoms with E-state index in [0.717, 1.165) is 5.56 Å². The number of nitrogens with zero attached hydrogens (tertiary/aromatic N) is 3. The van der Waals surface area contributed by atoms with Gasteiger partial charge in [-0.05, 0) is 56.8 Å². The third-order valence-electron chi connectivity index (χ3n) is 5.79. The molecule has 0 aliphatic carbocycles. The van der Waals surface area contributed by atoms with Gasteiger partial charge in [0.1, 0.15) is 22.9 Å². The van der Waals surface area contributed by atoms with Crippen LogP contribution in [-0.2, 0) is 16.6 Å². The molecule has 9 heteroatoms. The van der Waals surface area contributed by atoms with Crippen LogP contribution in [0.4, 0.5) is 0 Å². The SMILES string of the molecule is C[C@H](O)C#Cc1ccc2c(c1)O[C@@H](CN(C)Cc1ccncc1)[C@@H](C)CN([C@@H](C)CO)S2(=O)=O. The Morgan fingerprint density at radius 1 is 1.26 bits per heavy atom. The van der Waals surface area contributed by atoms with E-state index in [2.05, 4.69) is 21.7 Å². The highest BCUT2D eigenvalue weighted by molar-refractivity contribution is 7.89. The zero-order chi connectivity index (χ0) is 24.9. The van der Waals surface area contributed by atoms with Crippen molar-refractivity contribution in [2.45, 2.75) is 50.5 Å². The fraction of sp³-hybridized carbons (Fsp3) is 0.480. The second-order valence-corrected chi connectivity index (χ2v) is 10.8. The molecule has 2 N–H and O–H groups in total. The molecule has 3 rings (SSSR count). The van der Waals surface area contributed by atoms with E-state index < -0.39 is 22.2 Å². The standard InChI is InChI=1S/C25H33N3O5S/c1-18-14-28(19(2)17-29)34(31,32)25-8-7-21(6-5-20(3)30)13-23(25)33-24(18)16-27(4)15-22-9-11-26-12-10-22/h7-13,18-20,24,29-30H,14-17H2,1-4H3/t18-,19-,20-,24-/m0/s1. The summed E-state index contributed by atoms with van der Waals surface area (Å²) in [6.45, 7) is 6.41. The summed E-state index contributed by atoms with van der Waals surface area (Å²) in [6, 6.07) is 8.03. The number of pyridine rings is 1. The Kier molecular flexibility index (Phi) is 8.68. The van der Waals surface area contributed by atoms with Crippen LogP contribution >= 0.6 is 0 Å². The zero-order valence-electron chi connectivity index (χ0n) is 20.0. The van der Waals surface area contributed by atoms with Gasteiger partial charge in [0.2, 0.25) is 10.0 Å². The maximum absolute atomic E-state index is 13.5. The Hall–Kier alpha value is -2.48. The van der Waals surface area contributed by atoms with Gasteiger partial charge in [-0.15, -0.1) is 0 Å². The zero-order valence-corrected chi connectivity index (χ0v) is 20.9. The summed E-state index contributed by atoms with van der Waals surface area (Å²) in [7, 11) is -1.91. The van der Waals surface area contributed by atoms with Gasteiger partial charge in [0.25, 0.3) is 0 Å². The molecular formula is C25H33N3O5S. The van der Waals surface area contributed by atoms with Gasteiger partial charge >= 0.3 is 0 Å². The second kappa shape index (κ2) is 11.3. The molecule has 1 aromatic heterocycles. The van der Waals surface area contributed by atoms with Gasteiger partial charge in [-0.25, -0.2) is 8.42 Å². The van der Waals surface area contributed by atoms with Gasteiger partial charge in [0.05, 0.1) is 6.61 Å². The minimum atomic E-state index is -3.91. The summed E-state index contributed by atoms with van der Waals surface area (Å²) < 4.78 is 34.7. The van der Waals surface area contributed by atoms with Crippen LogP contribution in [-0.4, -0.2) is 77.8 Å². The minimum Gasteiger partial charge on any atom is -0.487 e. The molecule has 0 bridgehead atoms. The number of sulfonamides is 1. The van der Waals surface area contributed by atoms with Crippen LogP contribution in [0.3, 0.4) is 0 Å². The third kappa shape index (κ3) is 6.34. The summed E-state index contributed by atoms with van der Waals surface area (Å²) >= 11 is 0. The number of aliphatic hydroxyl groups excluding tert-OH is 2. The van der Waals surface area contributed by atoms with Crippen molar-refractivity contribution in [3.63, 3.8) is 0 Å². The van der Waals surface area contributed by atoms with Gasteiger partial charge in [-0.3, -0.25) is 9.88 Å². The topological polar surface area (TPSA) is 103 Å². The number of fused-ring (bicyclic) bond motifs is 1. The first-order valence-corrected chi connectivity index (χ1v) is 12.8. The van der Waals surface area contributed by atoms with Gasteiger partial charge in [0.15, 0.2) is 0 Å². The Labute approximate surface area is 202 Å². The lowest BCUT2D eigenvalue weighted by atomic mass is 10.0. The maximum Gasteiger partial charge on any atom is 0.247 e. The first-order valence-electron chi connectivity index (χ1n) is 11.3. The molecule has 1 aliphatic rings. The van der Waals surface area contributed by atoms with Crippen LogP contribution in [0.2, 0.25) is 0 Å². The molecule has 0 saturated carbocycles. The van der Waals surface area contributed by atoms with Crippen molar-refractivity contribution in [2.75, 3.05) is 26.7 Å². The number of ether oxygens (including phenoxy) is 1. The van der Waals surface area contributed by atoms with Crippen LogP contribution in [0.25, 0.3) is 0 Å². The van der Waals surface area contributed by atoms with Crippen molar-refractivity contribution in [1.29, 1.82) is 0 Å². The number of hydrogen-bond acceptors (Lipinski definition) is 7. The summed E-state index contributed by atoms with van der Waals surface area (Å²) in [6.07, 6.45) is 2.39. The third-order valence-corrected chi connectivity index (χ3v) is 7.81. The number of aromatic nitrogens is 1. The average Bonchev–Trinajstić information content (AvgIpc) is 2.80. The molecular weight excluding hydrogens is 454 g/mol. The Morgan fingerprint density at radius 3 is 2.62 bits per heavy atom. The lowest BCUT2D eigenvalue weighted by Gasteiger charge is -2.37. The predicted octanol–water partition coefficient (Wildman–Crippen LogP) is 1.71. The Morgan fingerprint density at radius 2 is 1.97 bits per heavy atom. The molecule has 2 aromatic rings. The van der Waals surface area contributed by atoms with Crippen molar-refractivity contribution >= 4 is 10.0 Å². The Bertz CT molecular complexity index is 1130. The number of aliphatic hydroxyl groups is 2. The van der Waals surface area contributed by atoms with E-state index in [1.807, 2.05) is 26.1 Å². The normalized spacial score (nSPS) is 21.9. The second-order valence-electron chi connectivity index (χ2n) is 8.90. The van der Waals surface area contributed by atoms with Crippen LogP contribution < -0.4 is 4.74 Å². The lowest BCUT2D eigenvalue weighted by molar-refractivity contribution is 0.0733. The molecule has 0 fully saturated rings. The number of hydrogen-bond donors (Lipinski definition) is 2. The molecule has 4 atom stereocenters. The van der Waals surface area contributed by atoms with Crippen molar-refractivity contribution in [3.8, 4) is 17.6 Å². The Balaban J connectivity index is 1.99. The van der Waals surface area contributed by atoms with Crippen LogP contribution in [0.15, 0.2) is 47.6 Å². The molecule has 0 spiro atoms. The van der Waals surface area contributed by atoms with Crippen molar-refractivity contribution in [3.05, 3.63) is 53.9 Å². The molecule has 0 amide bonds. The monoisotopic (exact) mass is 487 g/mol. The first kappa shape index (κ1) is 26.1. The highest BCUT2D eigenvalue weighted by Gasteiger charge is 2.38. The summed E-state index contributed by atoms with van der Waals surface area (Å²) in [5, 5.41) is 19.3. The molecule has 0 unspecified atom stereocenters. The summed E-state index contributed by atoms with van der Waals surface area (Å²) in [5.41, 5.74) is 1.67. The van der Waals surface area contributed by atoms with Crippen molar-refractivity contribution < 1.29 is 23.4 Å². The largest absolute Gasteiger partial charge is 0.487 e. The maximum atomic E-state index is 13.5. The molecule has 184 valence electrons. The van der Waals surface area contributed by atoms with E-state index in [9.17, 15) is 18.6 Å². The van der Waals surface area contributed by atoms with Crippen molar-refractivity contribution in [1.82, 2.24) is 14.2 Å². The van der Waals surface area contributed by atoms with Gasteiger partial charge in [-0.1, -0.05) is 18.8 Å². The van der Waals surface area contributed by atoms with Crippen LogP contribution in [0.1, 0.15) is 31.9 Å². The first-order chi connectivity index (χ1) is 16.1. The van der Waals surface area contributed by atoms with E-state index in [0.29, 0.717) is 18.7 Å². The van der Waals surface area contributed by atoms with E-state index >= 15 is 0 Å². The smallest absolute Gasteiger partial charge is 0.247 e. The van der Waals surface area contributed by atoms with Crippen molar-refractivity contribution in [2.24, 2.45) is 5.92 Å². The molecule has 34 heavy (non-hydrogen) atoms. The van der Waals surface area contributed by atoms with Gasteiger partial charge < -0.3 is 14.9 Å².